The highest BCUT2D eigenvalue weighted by Gasteiger charge is 2.11. The number of nitrogens with zero attached hydrogens (tertiary/aromatic N) is 1. The summed E-state index contributed by atoms with van der Waals surface area (Å²) < 4.78 is 13.0. The van der Waals surface area contributed by atoms with Gasteiger partial charge in [-0.25, -0.2) is 4.39 Å². The van der Waals surface area contributed by atoms with Crippen molar-refractivity contribution in [2.75, 3.05) is 5.32 Å². The van der Waals surface area contributed by atoms with Gasteiger partial charge in [-0.1, -0.05) is 0 Å². The molecule has 0 aliphatic carbocycles. The minimum atomic E-state index is -0.369. The van der Waals surface area contributed by atoms with Crippen LogP contribution < -0.4 is 5.32 Å². The van der Waals surface area contributed by atoms with E-state index >= 15 is 0 Å². The molecule has 1 aromatic carbocycles. The van der Waals surface area contributed by atoms with Gasteiger partial charge in [0.15, 0.2) is 0 Å². The summed E-state index contributed by atoms with van der Waals surface area (Å²) in [4.78, 5) is 0. The number of phenolic OH excluding ortho intramolecular Hbond substituents is 1. The molecule has 0 fully saturated rings. The van der Waals surface area contributed by atoms with E-state index in [4.69, 9.17) is 0 Å². The molecular formula is C11H12FN3O. The zero-order valence-electron chi connectivity index (χ0n) is 8.74. The van der Waals surface area contributed by atoms with Crippen molar-refractivity contribution < 1.29 is 9.50 Å². The summed E-state index contributed by atoms with van der Waals surface area (Å²) in [5.41, 5.74) is 0.509. The molecule has 1 heterocycles. The third-order valence-corrected chi connectivity index (χ3v) is 2.33. The summed E-state index contributed by atoms with van der Waals surface area (Å²) in [5, 5.41) is 19.2. The van der Waals surface area contributed by atoms with Crippen molar-refractivity contribution in [1.29, 1.82) is 0 Å². The lowest BCUT2D eigenvalue weighted by atomic mass is 10.1. The minimum absolute atomic E-state index is 0.0703. The van der Waals surface area contributed by atoms with Gasteiger partial charge in [0, 0.05) is 5.56 Å². The summed E-state index contributed by atoms with van der Waals surface area (Å²) in [6.45, 7) is 1.83. The molecule has 2 rings (SSSR count). The Hall–Kier alpha value is -2.04. The molecule has 4 nitrogen and oxygen atoms in total. The number of hydrogen-bond donors (Lipinski definition) is 3. The lowest BCUT2D eigenvalue weighted by molar-refractivity contribution is 0.462. The number of aromatic hydroxyl groups is 1. The predicted octanol–water partition coefficient (Wildman–Crippen LogP) is 2.43. The van der Waals surface area contributed by atoms with Crippen LogP contribution in [0.4, 0.5) is 10.2 Å². The summed E-state index contributed by atoms with van der Waals surface area (Å²) in [5.74, 6) is 0.420. The molecule has 0 aliphatic rings. The predicted molar refractivity (Wildman–Crippen MR) is 58.7 cm³/mol. The van der Waals surface area contributed by atoms with Crippen molar-refractivity contribution in [2.24, 2.45) is 0 Å². The number of halogens is 1. The smallest absolute Gasteiger partial charge is 0.123 e. The zero-order valence-corrected chi connectivity index (χ0v) is 8.74. The van der Waals surface area contributed by atoms with Crippen molar-refractivity contribution in [3.63, 3.8) is 0 Å². The second kappa shape index (κ2) is 4.22. The quantitative estimate of drug-likeness (QED) is 0.746. The molecule has 0 amide bonds. The number of aromatic nitrogens is 2. The number of aromatic amines is 1. The number of nitrogens with one attached hydrogen (secondary N) is 2. The Balaban J connectivity index is 2.20. The van der Waals surface area contributed by atoms with Crippen molar-refractivity contribution in [3.8, 4) is 5.75 Å². The molecule has 84 valence electrons. The zero-order chi connectivity index (χ0) is 11.5. The van der Waals surface area contributed by atoms with Crippen molar-refractivity contribution in [3.05, 3.63) is 41.8 Å². The number of hydrogen-bond acceptors (Lipinski definition) is 3. The van der Waals surface area contributed by atoms with E-state index < -0.39 is 0 Å². The van der Waals surface area contributed by atoms with E-state index in [0.29, 0.717) is 5.56 Å². The molecule has 1 atom stereocenters. The Labute approximate surface area is 92.1 Å². The maximum atomic E-state index is 13.0. The third-order valence-electron chi connectivity index (χ3n) is 2.33. The van der Waals surface area contributed by atoms with E-state index in [1.165, 1.54) is 18.2 Å². The van der Waals surface area contributed by atoms with Gasteiger partial charge in [0.1, 0.15) is 17.4 Å². The topological polar surface area (TPSA) is 60.9 Å². The highest BCUT2D eigenvalue weighted by Crippen LogP contribution is 2.26. The van der Waals surface area contributed by atoms with Crippen LogP contribution in [0, 0.1) is 5.82 Å². The first-order chi connectivity index (χ1) is 7.66. The first kappa shape index (κ1) is 10.5. The van der Waals surface area contributed by atoms with Crippen LogP contribution in [0.3, 0.4) is 0 Å². The molecule has 0 radical (unpaired) electrons. The standard InChI is InChI=1S/C11H12FN3O/c1-7(14-11-4-5-13-15-11)9-6-8(12)2-3-10(9)16/h2-7,16H,1H3,(H2,13,14,15)/t7-/m1/s1. The van der Waals surface area contributed by atoms with Crippen LogP contribution in [0.15, 0.2) is 30.5 Å². The first-order valence-corrected chi connectivity index (χ1v) is 4.91. The van der Waals surface area contributed by atoms with Crippen LogP contribution >= 0.6 is 0 Å². The van der Waals surface area contributed by atoms with Crippen LogP contribution in [0.25, 0.3) is 0 Å². The maximum absolute atomic E-state index is 13.0. The third kappa shape index (κ3) is 2.13. The second-order valence-corrected chi connectivity index (χ2v) is 3.54. The largest absolute Gasteiger partial charge is 0.508 e. The molecule has 0 bridgehead atoms. The first-order valence-electron chi connectivity index (χ1n) is 4.91. The van der Waals surface area contributed by atoms with Gasteiger partial charge >= 0.3 is 0 Å². The summed E-state index contributed by atoms with van der Waals surface area (Å²) >= 11 is 0. The van der Waals surface area contributed by atoms with Gasteiger partial charge in [-0.05, 0) is 31.2 Å². The fourth-order valence-corrected chi connectivity index (χ4v) is 1.52. The van der Waals surface area contributed by atoms with Gasteiger partial charge in [0.05, 0.1) is 12.2 Å². The molecule has 0 saturated carbocycles. The van der Waals surface area contributed by atoms with Crippen LogP contribution in [-0.4, -0.2) is 15.3 Å². The van der Waals surface area contributed by atoms with Crippen molar-refractivity contribution in [1.82, 2.24) is 10.2 Å². The number of phenols is 1. The molecule has 0 saturated heterocycles. The van der Waals surface area contributed by atoms with E-state index in [1.54, 1.807) is 12.3 Å². The SMILES string of the molecule is C[C@@H](Nc1ccn[nH]1)c1cc(F)ccc1O. The number of anilines is 1. The molecular weight excluding hydrogens is 209 g/mol. The van der Waals surface area contributed by atoms with Crippen LogP contribution in [0.1, 0.15) is 18.5 Å². The van der Waals surface area contributed by atoms with Gasteiger partial charge in [0.2, 0.25) is 0 Å². The number of H-pyrrole nitrogens is 1. The highest BCUT2D eigenvalue weighted by atomic mass is 19.1. The lowest BCUT2D eigenvalue weighted by Crippen LogP contribution is -2.07. The van der Waals surface area contributed by atoms with E-state index in [1.807, 2.05) is 6.92 Å². The normalized spacial score (nSPS) is 12.4. The molecule has 3 N–H and O–H groups in total. The lowest BCUT2D eigenvalue weighted by Gasteiger charge is -2.15. The summed E-state index contributed by atoms with van der Waals surface area (Å²) in [6, 6.07) is 5.42. The van der Waals surface area contributed by atoms with E-state index in [0.717, 1.165) is 5.82 Å². The minimum Gasteiger partial charge on any atom is -0.508 e. The fraction of sp³-hybridized carbons (Fsp3) is 0.182. The van der Waals surface area contributed by atoms with Gasteiger partial charge in [-0.15, -0.1) is 0 Å². The van der Waals surface area contributed by atoms with Gasteiger partial charge < -0.3 is 10.4 Å². The Morgan fingerprint density at radius 1 is 1.44 bits per heavy atom. The number of benzene rings is 1. The Morgan fingerprint density at radius 3 is 2.94 bits per heavy atom. The Morgan fingerprint density at radius 2 is 2.25 bits per heavy atom. The molecule has 0 unspecified atom stereocenters. The molecule has 5 heteroatoms. The molecule has 0 spiro atoms. The molecule has 16 heavy (non-hydrogen) atoms. The molecule has 0 aliphatic heterocycles. The van der Waals surface area contributed by atoms with Gasteiger partial charge in [-0.3, -0.25) is 5.10 Å². The van der Waals surface area contributed by atoms with Crippen molar-refractivity contribution >= 4 is 5.82 Å². The second-order valence-electron chi connectivity index (χ2n) is 3.54. The van der Waals surface area contributed by atoms with E-state index in [9.17, 15) is 9.50 Å². The Bertz CT molecular complexity index is 470. The summed E-state index contributed by atoms with van der Waals surface area (Å²) in [7, 11) is 0. The average molecular weight is 221 g/mol. The highest BCUT2D eigenvalue weighted by molar-refractivity contribution is 5.41. The average Bonchev–Trinajstić information content (AvgIpc) is 2.74. The van der Waals surface area contributed by atoms with E-state index in [2.05, 4.69) is 15.5 Å². The van der Waals surface area contributed by atoms with Gasteiger partial charge in [-0.2, -0.15) is 5.10 Å². The van der Waals surface area contributed by atoms with Crippen LogP contribution in [-0.2, 0) is 0 Å². The fourth-order valence-electron chi connectivity index (χ4n) is 1.52. The number of rotatable bonds is 3. The van der Waals surface area contributed by atoms with Gasteiger partial charge in [0.25, 0.3) is 0 Å². The molecule has 2 aromatic rings. The van der Waals surface area contributed by atoms with Crippen LogP contribution in [0.2, 0.25) is 0 Å². The summed E-state index contributed by atoms with van der Waals surface area (Å²) in [6.07, 6.45) is 1.61. The maximum Gasteiger partial charge on any atom is 0.123 e. The van der Waals surface area contributed by atoms with Crippen molar-refractivity contribution in [2.45, 2.75) is 13.0 Å². The van der Waals surface area contributed by atoms with Crippen LogP contribution in [0.5, 0.6) is 5.75 Å². The Kier molecular flexibility index (Phi) is 2.76. The monoisotopic (exact) mass is 221 g/mol. The van der Waals surface area contributed by atoms with E-state index in [-0.39, 0.29) is 17.6 Å². The molecule has 1 aromatic heterocycles.